The van der Waals surface area contributed by atoms with E-state index in [1.54, 1.807) is 12.1 Å². The maximum absolute atomic E-state index is 13.2. The maximum atomic E-state index is 13.2. The average Bonchev–Trinajstić information content (AvgIpc) is 2.78. The van der Waals surface area contributed by atoms with Gasteiger partial charge in [0, 0.05) is 13.0 Å². The summed E-state index contributed by atoms with van der Waals surface area (Å²) in [6.45, 7) is 7.67. The smallest absolute Gasteiger partial charge is 0.264 e. The molecule has 0 bridgehead atoms. The van der Waals surface area contributed by atoms with Gasteiger partial charge in [-0.2, -0.15) is 0 Å². The number of hydrogen-bond acceptors (Lipinski definition) is 4. The minimum absolute atomic E-state index is 0.0154. The molecule has 1 amide bonds. The number of nitrogens with zero attached hydrogens (tertiary/aromatic N) is 2. The minimum atomic E-state index is -0.419. The Kier molecular flexibility index (Phi) is 8.80. The number of Topliss-reactive ketones (excluding diaryl/α,β-unsaturated/α-hetero) is 1. The van der Waals surface area contributed by atoms with E-state index in [0.717, 1.165) is 31.6 Å². The van der Waals surface area contributed by atoms with Crippen LogP contribution in [0.5, 0.6) is 0 Å². The average molecular weight is 438 g/mol. The molecule has 2 aromatic rings. The molecule has 6 nitrogen and oxygen atoms in total. The first kappa shape index (κ1) is 23.9. The Morgan fingerprint density at radius 3 is 2.41 bits per heavy atom. The third kappa shape index (κ3) is 6.63. The molecule has 1 N–H and O–H groups in total. The van der Waals surface area contributed by atoms with Gasteiger partial charge in [-0.05, 0) is 62.5 Å². The van der Waals surface area contributed by atoms with Crippen LogP contribution in [0, 0.1) is 5.92 Å². The van der Waals surface area contributed by atoms with Crippen LogP contribution >= 0.6 is 0 Å². The van der Waals surface area contributed by atoms with Crippen molar-refractivity contribution in [3.05, 3.63) is 58.4 Å². The number of rotatable bonds is 10. The van der Waals surface area contributed by atoms with Crippen molar-refractivity contribution in [2.24, 2.45) is 5.92 Å². The zero-order valence-corrected chi connectivity index (χ0v) is 19.3. The summed E-state index contributed by atoms with van der Waals surface area (Å²) >= 11 is 0. The second kappa shape index (κ2) is 11.8. The Balaban J connectivity index is 1.74. The predicted molar refractivity (Wildman–Crippen MR) is 128 cm³/mol. The van der Waals surface area contributed by atoms with Crippen molar-refractivity contribution in [3.8, 4) is 11.3 Å². The molecule has 0 saturated carbocycles. The Bertz CT molecular complexity index is 960. The molecule has 2 heterocycles. The monoisotopic (exact) mass is 437 g/mol. The lowest BCUT2D eigenvalue weighted by Crippen LogP contribution is -2.36. The van der Waals surface area contributed by atoms with E-state index >= 15 is 0 Å². The van der Waals surface area contributed by atoms with Gasteiger partial charge in [-0.1, -0.05) is 50.6 Å². The van der Waals surface area contributed by atoms with Crippen molar-refractivity contribution in [1.29, 1.82) is 0 Å². The fourth-order valence-electron chi connectivity index (χ4n) is 4.25. The molecule has 0 aliphatic carbocycles. The lowest BCUT2D eigenvalue weighted by Gasteiger charge is -2.26. The molecule has 1 aromatic carbocycles. The lowest BCUT2D eigenvalue weighted by atomic mass is 10.1. The molecular formula is C26H35N3O3. The van der Waals surface area contributed by atoms with Gasteiger partial charge in [0.2, 0.25) is 0 Å². The van der Waals surface area contributed by atoms with E-state index < -0.39 is 5.56 Å². The first-order valence-electron chi connectivity index (χ1n) is 11.8. The van der Waals surface area contributed by atoms with Crippen molar-refractivity contribution >= 4 is 11.7 Å². The topological polar surface area (TPSA) is 71.4 Å². The molecule has 1 aromatic heterocycles. The van der Waals surface area contributed by atoms with Crippen molar-refractivity contribution in [1.82, 2.24) is 14.8 Å². The normalized spacial score (nSPS) is 14.5. The van der Waals surface area contributed by atoms with E-state index in [2.05, 4.69) is 10.2 Å². The number of carbonyl (C=O) groups is 2. The number of pyridine rings is 1. The molecule has 1 aliphatic heterocycles. The van der Waals surface area contributed by atoms with Crippen LogP contribution in [0.2, 0.25) is 0 Å². The minimum Gasteiger partial charge on any atom is -0.352 e. The largest absolute Gasteiger partial charge is 0.352 e. The Labute approximate surface area is 190 Å². The number of carbonyl (C=O) groups excluding carboxylic acids is 2. The molecule has 32 heavy (non-hydrogen) atoms. The number of benzene rings is 1. The van der Waals surface area contributed by atoms with Gasteiger partial charge in [-0.25, -0.2) is 0 Å². The van der Waals surface area contributed by atoms with Gasteiger partial charge in [-0.15, -0.1) is 0 Å². The van der Waals surface area contributed by atoms with E-state index in [1.807, 2.05) is 44.2 Å². The van der Waals surface area contributed by atoms with Gasteiger partial charge < -0.3 is 14.8 Å². The van der Waals surface area contributed by atoms with Crippen LogP contribution in [0.1, 0.15) is 56.3 Å². The maximum Gasteiger partial charge on any atom is 0.264 e. The first-order valence-corrected chi connectivity index (χ1v) is 11.8. The number of aromatic nitrogens is 1. The molecule has 3 rings (SSSR count). The van der Waals surface area contributed by atoms with Crippen molar-refractivity contribution in [2.75, 3.05) is 26.2 Å². The van der Waals surface area contributed by atoms with Crippen LogP contribution in [0.15, 0.2) is 47.3 Å². The molecule has 1 fully saturated rings. The van der Waals surface area contributed by atoms with E-state index in [-0.39, 0.29) is 29.7 Å². The zero-order valence-electron chi connectivity index (χ0n) is 19.3. The molecule has 172 valence electrons. The fourth-order valence-corrected chi connectivity index (χ4v) is 4.25. The summed E-state index contributed by atoms with van der Waals surface area (Å²) < 4.78 is 1.45. The summed E-state index contributed by atoms with van der Waals surface area (Å²) in [6, 6.07) is 12.8. The van der Waals surface area contributed by atoms with E-state index in [0.29, 0.717) is 18.7 Å². The van der Waals surface area contributed by atoms with Crippen molar-refractivity contribution in [2.45, 2.75) is 52.5 Å². The molecule has 0 spiro atoms. The number of nitrogens with one attached hydrogen (secondary N) is 1. The SMILES string of the molecule is CC(C)CC(=O)Cn1c(-c2ccccc2)ccc(C(=O)NCCCN2CCCCC2)c1=O. The number of amides is 1. The van der Waals surface area contributed by atoms with Crippen molar-refractivity contribution < 1.29 is 9.59 Å². The second-order valence-corrected chi connectivity index (χ2v) is 9.04. The second-order valence-electron chi connectivity index (χ2n) is 9.04. The van der Waals surface area contributed by atoms with Gasteiger partial charge in [0.05, 0.1) is 12.2 Å². The molecule has 6 heteroatoms. The third-order valence-corrected chi connectivity index (χ3v) is 5.84. The number of ketones is 1. The Morgan fingerprint density at radius 2 is 1.72 bits per heavy atom. The van der Waals surface area contributed by atoms with Gasteiger partial charge in [0.15, 0.2) is 5.78 Å². The van der Waals surface area contributed by atoms with Crippen LogP contribution < -0.4 is 10.9 Å². The molecule has 0 atom stereocenters. The molecule has 0 radical (unpaired) electrons. The van der Waals surface area contributed by atoms with Crippen LogP contribution in [-0.4, -0.2) is 47.3 Å². The van der Waals surface area contributed by atoms with E-state index in [1.165, 1.54) is 23.8 Å². The summed E-state index contributed by atoms with van der Waals surface area (Å²) in [5.41, 5.74) is 1.15. The predicted octanol–water partition coefficient (Wildman–Crippen LogP) is 3.74. The van der Waals surface area contributed by atoms with Crippen LogP contribution in [0.4, 0.5) is 0 Å². The van der Waals surface area contributed by atoms with Crippen LogP contribution in [0.3, 0.4) is 0 Å². The fraction of sp³-hybridized carbons (Fsp3) is 0.500. The highest BCUT2D eigenvalue weighted by atomic mass is 16.2. The highest BCUT2D eigenvalue weighted by Gasteiger charge is 2.18. The number of hydrogen-bond donors (Lipinski definition) is 1. The highest BCUT2D eigenvalue weighted by Crippen LogP contribution is 2.18. The Hall–Kier alpha value is -2.73. The van der Waals surface area contributed by atoms with Crippen LogP contribution in [-0.2, 0) is 11.3 Å². The molecular weight excluding hydrogens is 402 g/mol. The summed E-state index contributed by atoms with van der Waals surface area (Å²) in [5.74, 6) is -0.179. The van der Waals surface area contributed by atoms with E-state index in [4.69, 9.17) is 0 Å². The summed E-state index contributed by atoms with van der Waals surface area (Å²) in [7, 11) is 0. The zero-order chi connectivity index (χ0) is 22.9. The van der Waals surface area contributed by atoms with E-state index in [9.17, 15) is 14.4 Å². The van der Waals surface area contributed by atoms with Gasteiger partial charge in [0.25, 0.3) is 11.5 Å². The first-order chi connectivity index (χ1) is 15.5. The third-order valence-electron chi connectivity index (χ3n) is 5.84. The molecule has 1 aliphatic rings. The van der Waals surface area contributed by atoms with Crippen molar-refractivity contribution in [3.63, 3.8) is 0 Å². The quantitative estimate of drug-likeness (QED) is 0.575. The summed E-state index contributed by atoms with van der Waals surface area (Å²) in [6.07, 6.45) is 5.05. The van der Waals surface area contributed by atoms with Crippen LogP contribution in [0.25, 0.3) is 11.3 Å². The Morgan fingerprint density at radius 1 is 1.00 bits per heavy atom. The summed E-state index contributed by atoms with van der Waals surface area (Å²) in [4.78, 5) is 41.0. The number of likely N-dealkylation sites (tertiary alicyclic amines) is 1. The highest BCUT2D eigenvalue weighted by molar-refractivity contribution is 5.94. The van der Waals surface area contributed by atoms with Gasteiger partial charge in [-0.3, -0.25) is 14.4 Å². The van der Waals surface area contributed by atoms with Gasteiger partial charge >= 0.3 is 0 Å². The lowest BCUT2D eigenvalue weighted by molar-refractivity contribution is -0.120. The number of piperidine rings is 1. The molecule has 1 saturated heterocycles. The summed E-state index contributed by atoms with van der Waals surface area (Å²) in [5, 5.41) is 2.89. The standard InChI is InChI=1S/C26H35N3O3/c1-20(2)18-22(30)19-29-24(21-10-5-3-6-11-21)13-12-23(26(29)32)25(31)27-14-9-17-28-15-7-4-8-16-28/h3,5-6,10-13,20H,4,7-9,14-19H2,1-2H3,(H,27,31). The van der Waals surface area contributed by atoms with Gasteiger partial charge in [0.1, 0.15) is 5.56 Å². The molecule has 0 unspecified atom stereocenters.